The molecule has 5 nitrogen and oxygen atoms in total. The number of carbonyl (C=O) groups excluding carboxylic acids is 1. The van der Waals surface area contributed by atoms with Crippen molar-refractivity contribution >= 4 is 45.7 Å². The molecule has 1 amide bonds. The van der Waals surface area contributed by atoms with E-state index in [9.17, 15) is 4.79 Å². The molecule has 1 saturated heterocycles. The van der Waals surface area contributed by atoms with Gasteiger partial charge in [-0.15, -0.1) is 0 Å². The first-order valence-corrected chi connectivity index (χ1v) is 11.3. The number of nitrogens with zero attached hydrogens (tertiary/aromatic N) is 3. The van der Waals surface area contributed by atoms with Gasteiger partial charge in [-0.3, -0.25) is 14.7 Å². The maximum atomic E-state index is 12.7. The molecule has 7 heteroatoms. The van der Waals surface area contributed by atoms with E-state index in [1.807, 2.05) is 18.2 Å². The summed E-state index contributed by atoms with van der Waals surface area (Å²) in [5, 5.41) is 5.06. The molecule has 1 aromatic heterocycles. The van der Waals surface area contributed by atoms with Crippen LogP contribution >= 0.6 is 23.2 Å². The van der Waals surface area contributed by atoms with Gasteiger partial charge in [0.2, 0.25) is 0 Å². The highest BCUT2D eigenvalue weighted by molar-refractivity contribution is 6.36. The molecule has 0 unspecified atom stereocenters. The van der Waals surface area contributed by atoms with E-state index in [4.69, 9.17) is 23.2 Å². The SMILES string of the molecule is Cc1ccc(Cl)cc1N1CCN(CCCNC(=O)c2ccnc3cccc(Cl)c23)CC1. The summed E-state index contributed by atoms with van der Waals surface area (Å²) in [5.74, 6) is -0.109. The number of benzene rings is 2. The van der Waals surface area contributed by atoms with Gasteiger partial charge in [0.15, 0.2) is 0 Å². The van der Waals surface area contributed by atoms with Gasteiger partial charge in [0.05, 0.1) is 16.1 Å². The van der Waals surface area contributed by atoms with Crippen LogP contribution in [0.15, 0.2) is 48.7 Å². The summed E-state index contributed by atoms with van der Waals surface area (Å²) < 4.78 is 0. The Labute approximate surface area is 193 Å². The summed E-state index contributed by atoms with van der Waals surface area (Å²) in [6.07, 6.45) is 2.55. The normalized spacial score (nSPS) is 14.7. The van der Waals surface area contributed by atoms with E-state index >= 15 is 0 Å². The van der Waals surface area contributed by atoms with Crippen LogP contribution in [0.1, 0.15) is 22.3 Å². The number of halogens is 2. The van der Waals surface area contributed by atoms with E-state index in [1.165, 1.54) is 11.3 Å². The van der Waals surface area contributed by atoms with Crippen molar-refractivity contribution in [2.24, 2.45) is 0 Å². The molecule has 0 bridgehead atoms. The van der Waals surface area contributed by atoms with Gasteiger partial charge in [0.1, 0.15) is 0 Å². The topological polar surface area (TPSA) is 48.5 Å². The molecule has 0 spiro atoms. The Balaban J connectivity index is 1.25. The molecule has 3 aromatic rings. The van der Waals surface area contributed by atoms with Crippen molar-refractivity contribution in [3.05, 3.63) is 69.8 Å². The smallest absolute Gasteiger partial charge is 0.252 e. The number of nitrogens with one attached hydrogen (secondary N) is 1. The number of hydrogen-bond acceptors (Lipinski definition) is 4. The van der Waals surface area contributed by atoms with E-state index in [0.717, 1.165) is 49.7 Å². The zero-order valence-electron chi connectivity index (χ0n) is 17.6. The van der Waals surface area contributed by atoms with Crippen LogP contribution < -0.4 is 10.2 Å². The van der Waals surface area contributed by atoms with Crippen LogP contribution in [0.5, 0.6) is 0 Å². The standard InChI is InChI=1S/C24H26Cl2N4O/c1-17-6-7-18(25)16-22(17)30-14-12-29(13-15-30)11-3-9-28-24(31)19-8-10-27-21-5-2-4-20(26)23(19)21/h2,4-8,10,16H,3,9,11-15H2,1H3,(H,28,31). The molecule has 1 fully saturated rings. The van der Waals surface area contributed by atoms with E-state index in [-0.39, 0.29) is 5.91 Å². The molecule has 1 aliphatic rings. The Morgan fingerprint density at radius 3 is 2.71 bits per heavy atom. The van der Waals surface area contributed by atoms with Crippen LogP contribution in [0.25, 0.3) is 10.9 Å². The van der Waals surface area contributed by atoms with E-state index in [0.29, 0.717) is 22.5 Å². The molecule has 1 N–H and O–H groups in total. The van der Waals surface area contributed by atoms with Gasteiger partial charge in [-0.2, -0.15) is 0 Å². The average Bonchev–Trinajstić information content (AvgIpc) is 2.78. The van der Waals surface area contributed by atoms with Gasteiger partial charge >= 0.3 is 0 Å². The number of aromatic nitrogens is 1. The molecule has 0 radical (unpaired) electrons. The van der Waals surface area contributed by atoms with Crippen LogP contribution in [0.3, 0.4) is 0 Å². The number of rotatable bonds is 6. The summed E-state index contributed by atoms with van der Waals surface area (Å²) in [4.78, 5) is 21.8. The Kier molecular flexibility index (Phi) is 6.96. The molecule has 162 valence electrons. The van der Waals surface area contributed by atoms with Crippen molar-refractivity contribution in [2.75, 3.05) is 44.2 Å². The van der Waals surface area contributed by atoms with Gasteiger partial charge in [-0.05, 0) is 55.8 Å². The summed E-state index contributed by atoms with van der Waals surface area (Å²) in [7, 11) is 0. The van der Waals surface area contributed by atoms with Crippen LogP contribution in [0.4, 0.5) is 5.69 Å². The molecule has 2 heterocycles. The van der Waals surface area contributed by atoms with Crippen LogP contribution in [-0.4, -0.2) is 55.1 Å². The van der Waals surface area contributed by atoms with Crippen LogP contribution in [-0.2, 0) is 0 Å². The monoisotopic (exact) mass is 456 g/mol. The highest BCUT2D eigenvalue weighted by Crippen LogP contribution is 2.26. The van der Waals surface area contributed by atoms with E-state index in [1.54, 1.807) is 18.3 Å². The minimum atomic E-state index is -0.109. The first-order valence-electron chi connectivity index (χ1n) is 10.6. The molecule has 0 atom stereocenters. The first kappa shape index (κ1) is 21.9. The van der Waals surface area contributed by atoms with Gasteiger partial charge in [0, 0.05) is 55.0 Å². The third kappa shape index (κ3) is 5.12. The van der Waals surface area contributed by atoms with Gasteiger partial charge in [-0.25, -0.2) is 0 Å². The Bertz CT molecular complexity index is 1080. The van der Waals surface area contributed by atoms with E-state index < -0.39 is 0 Å². The van der Waals surface area contributed by atoms with Crippen molar-refractivity contribution in [3.8, 4) is 0 Å². The maximum absolute atomic E-state index is 12.7. The van der Waals surface area contributed by atoms with E-state index in [2.05, 4.69) is 39.2 Å². The Morgan fingerprint density at radius 1 is 1.10 bits per heavy atom. The Hall–Kier alpha value is -2.34. The molecular weight excluding hydrogens is 431 g/mol. The number of aryl methyl sites for hydroxylation is 1. The van der Waals surface area contributed by atoms with Gasteiger partial charge in [-0.1, -0.05) is 35.3 Å². The molecule has 1 aliphatic heterocycles. The second-order valence-corrected chi connectivity index (χ2v) is 8.71. The molecule has 4 rings (SSSR count). The quantitative estimate of drug-likeness (QED) is 0.541. The lowest BCUT2D eigenvalue weighted by molar-refractivity contribution is 0.0953. The fourth-order valence-corrected chi connectivity index (χ4v) is 4.52. The Morgan fingerprint density at radius 2 is 1.90 bits per heavy atom. The second-order valence-electron chi connectivity index (χ2n) is 7.86. The zero-order chi connectivity index (χ0) is 21.8. The van der Waals surface area contributed by atoms with Crippen molar-refractivity contribution in [3.63, 3.8) is 0 Å². The molecular formula is C24H26Cl2N4O. The number of carbonyl (C=O) groups is 1. The number of pyridine rings is 1. The highest BCUT2D eigenvalue weighted by atomic mass is 35.5. The highest BCUT2D eigenvalue weighted by Gasteiger charge is 2.18. The number of hydrogen-bond donors (Lipinski definition) is 1. The van der Waals surface area contributed by atoms with Crippen LogP contribution in [0, 0.1) is 6.92 Å². The number of amides is 1. The molecule has 31 heavy (non-hydrogen) atoms. The lowest BCUT2D eigenvalue weighted by atomic mass is 10.1. The maximum Gasteiger partial charge on any atom is 0.252 e. The minimum Gasteiger partial charge on any atom is -0.369 e. The number of fused-ring (bicyclic) bond motifs is 1. The van der Waals surface area contributed by atoms with Gasteiger partial charge in [0.25, 0.3) is 5.91 Å². The lowest BCUT2D eigenvalue weighted by Crippen LogP contribution is -2.47. The predicted molar refractivity (Wildman–Crippen MR) is 129 cm³/mol. The third-order valence-electron chi connectivity index (χ3n) is 5.78. The molecule has 0 aliphatic carbocycles. The largest absolute Gasteiger partial charge is 0.369 e. The zero-order valence-corrected chi connectivity index (χ0v) is 19.1. The van der Waals surface area contributed by atoms with Crippen molar-refractivity contribution in [1.29, 1.82) is 0 Å². The predicted octanol–water partition coefficient (Wildman–Crippen LogP) is 4.79. The first-order chi connectivity index (χ1) is 15.0. The average molecular weight is 457 g/mol. The number of piperazine rings is 1. The lowest BCUT2D eigenvalue weighted by Gasteiger charge is -2.37. The summed E-state index contributed by atoms with van der Waals surface area (Å²) in [5.41, 5.74) is 3.78. The third-order valence-corrected chi connectivity index (χ3v) is 6.33. The molecule has 2 aromatic carbocycles. The van der Waals surface area contributed by atoms with Crippen molar-refractivity contribution < 1.29 is 4.79 Å². The van der Waals surface area contributed by atoms with Gasteiger partial charge < -0.3 is 10.2 Å². The summed E-state index contributed by atoms with van der Waals surface area (Å²) in [6, 6.07) is 13.3. The fourth-order valence-electron chi connectivity index (χ4n) is 4.09. The summed E-state index contributed by atoms with van der Waals surface area (Å²) in [6.45, 7) is 7.68. The van der Waals surface area contributed by atoms with Crippen LogP contribution in [0.2, 0.25) is 10.0 Å². The van der Waals surface area contributed by atoms with Crippen molar-refractivity contribution in [2.45, 2.75) is 13.3 Å². The molecule has 0 saturated carbocycles. The second kappa shape index (κ2) is 9.86. The minimum absolute atomic E-state index is 0.109. The number of anilines is 1. The summed E-state index contributed by atoms with van der Waals surface area (Å²) >= 11 is 12.5. The van der Waals surface area contributed by atoms with Crippen molar-refractivity contribution in [1.82, 2.24) is 15.2 Å². The fraction of sp³-hybridized carbons (Fsp3) is 0.333.